The summed E-state index contributed by atoms with van der Waals surface area (Å²) in [5.74, 6) is 0.664. The maximum absolute atomic E-state index is 4.35. The Labute approximate surface area is 90.7 Å². The van der Waals surface area contributed by atoms with Crippen molar-refractivity contribution in [1.29, 1.82) is 0 Å². The normalized spacial score (nSPS) is 10.5. The molecule has 0 radical (unpaired) electrons. The Morgan fingerprint density at radius 3 is 2.79 bits per heavy atom. The molecule has 0 spiro atoms. The number of fused-ring (bicyclic) bond motifs is 1. The quantitative estimate of drug-likeness (QED) is 0.847. The van der Waals surface area contributed by atoms with Gasteiger partial charge in [-0.05, 0) is 25.1 Å². The van der Waals surface area contributed by atoms with Crippen molar-refractivity contribution in [1.82, 2.24) is 9.97 Å². The van der Waals surface area contributed by atoms with E-state index in [0.29, 0.717) is 5.95 Å². The molecule has 0 aliphatic rings. The van der Waals surface area contributed by atoms with Crippen molar-refractivity contribution in [2.75, 3.05) is 12.4 Å². The van der Waals surface area contributed by atoms with Crippen LogP contribution in [0.25, 0.3) is 10.9 Å². The van der Waals surface area contributed by atoms with Crippen molar-refractivity contribution < 1.29 is 0 Å². The van der Waals surface area contributed by atoms with E-state index in [4.69, 9.17) is 0 Å². The molecule has 2 aromatic rings. The molecule has 1 aromatic heterocycles. The van der Waals surface area contributed by atoms with Gasteiger partial charge in [0.25, 0.3) is 0 Å². The summed E-state index contributed by atoms with van der Waals surface area (Å²) in [6.07, 6.45) is 0. The molecule has 0 unspecified atom stereocenters. The first kappa shape index (κ1) is 9.40. The molecule has 4 heteroatoms. The van der Waals surface area contributed by atoms with Gasteiger partial charge in [0.2, 0.25) is 5.95 Å². The summed E-state index contributed by atoms with van der Waals surface area (Å²) in [4.78, 5) is 8.67. The number of rotatable bonds is 1. The average Bonchev–Trinajstić information content (AvgIpc) is 2.19. The molecule has 0 saturated heterocycles. The Hall–Kier alpha value is -1.16. The average molecular weight is 252 g/mol. The summed E-state index contributed by atoms with van der Waals surface area (Å²) >= 11 is 3.43. The van der Waals surface area contributed by atoms with Gasteiger partial charge in [-0.25, -0.2) is 9.97 Å². The monoisotopic (exact) mass is 251 g/mol. The summed E-state index contributed by atoms with van der Waals surface area (Å²) in [7, 11) is 1.82. The minimum absolute atomic E-state index is 0.664. The fourth-order valence-corrected chi connectivity index (χ4v) is 1.73. The van der Waals surface area contributed by atoms with Gasteiger partial charge >= 0.3 is 0 Å². The zero-order valence-electron chi connectivity index (χ0n) is 8.00. The fraction of sp³-hybridized carbons (Fsp3) is 0.200. The Morgan fingerprint density at radius 1 is 1.29 bits per heavy atom. The molecule has 1 aromatic carbocycles. The third-order valence-corrected chi connectivity index (χ3v) is 2.57. The summed E-state index contributed by atoms with van der Waals surface area (Å²) < 4.78 is 1.05. The number of anilines is 1. The highest BCUT2D eigenvalue weighted by Crippen LogP contribution is 2.21. The number of nitrogens with zero attached hydrogens (tertiary/aromatic N) is 2. The van der Waals surface area contributed by atoms with Crippen molar-refractivity contribution in [3.05, 3.63) is 28.4 Å². The van der Waals surface area contributed by atoms with Gasteiger partial charge in [-0.1, -0.05) is 15.9 Å². The first-order chi connectivity index (χ1) is 6.70. The van der Waals surface area contributed by atoms with E-state index < -0.39 is 0 Å². The van der Waals surface area contributed by atoms with E-state index >= 15 is 0 Å². The lowest BCUT2D eigenvalue weighted by Crippen LogP contribution is -1.98. The van der Waals surface area contributed by atoms with E-state index in [1.54, 1.807) is 0 Å². The smallest absolute Gasteiger partial charge is 0.223 e. The maximum atomic E-state index is 4.35. The van der Waals surface area contributed by atoms with Gasteiger partial charge in [-0.2, -0.15) is 0 Å². The lowest BCUT2D eigenvalue weighted by Gasteiger charge is -2.04. The van der Waals surface area contributed by atoms with Gasteiger partial charge in [-0.3, -0.25) is 0 Å². The Balaban J connectivity index is 2.76. The lowest BCUT2D eigenvalue weighted by atomic mass is 10.2. The molecule has 0 bridgehead atoms. The molecule has 0 fully saturated rings. The van der Waals surface area contributed by atoms with Crippen molar-refractivity contribution in [3.8, 4) is 0 Å². The fourth-order valence-electron chi connectivity index (χ4n) is 1.37. The van der Waals surface area contributed by atoms with Gasteiger partial charge in [0.15, 0.2) is 0 Å². The first-order valence-electron chi connectivity index (χ1n) is 4.32. The van der Waals surface area contributed by atoms with Crippen molar-refractivity contribution in [3.63, 3.8) is 0 Å². The number of hydrogen-bond donors (Lipinski definition) is 1. The highest BCUT2D eigenvalue weighted by Gasteiger charge is 2.03. The Bertz CT molecular complexity index is 482. The zero-order chi connectivity index (χ0) is 10.1. The van der Waals surface area contributed by atoms with Crippen LogP contribution in [0, 0.1) is 6.92 Å². The molecule has 0 atom stereocenters. The second-order valence-corrected chi connectivity index (χ2v) is 3.96. The molecule has 0 saturated carbocycles. The van der Waals surface area contributed by atoms with Crippen LogP contribution >= 0.6 is 15.9 Å². The third-order valence-electron chi connectivity index (χ3n) is 2.07. The van der Waals surface area contributed by atoms with Crippen molar-refractivity contribution in [2.45, 2.75) is 6.92 Å². The SMILES string of the molecule is CNc1nc(C)c2cc(Br)ccc2n1. The molecule has 0 aliphatic carbocycles. The van der Waals surface area contributed by atoms with Crippen LogP contribution in [0.3, 0.4) is 0 Å². The number of nitrogens with one attached hydrogen (secondary N) is 1. The van der Waals surface area contributed by atoms with E-state index in [2.05, 4.69) is 31.2 Å². The summed E-state index contributed by atoms with van der Waals surface area (Å²) in [5, 5.41) is 4.02. The van der Waals surface area contributed by atoms with Crippen LogP contribution in [0.4, 0.5) is 5.95 Å². The summed E-state index contributed by atoms with van der Waals surface area (Å²) in [6.45, 7) is 1.98. The van der Waals surface area contributed by atoms with Crippen LogP contribution in [0.15, 0.2) is 22.7 Å². The van der Waals surface area contributed by atoms with E-state index in [1.165, 1.54) is 0 Å². The molecule has 0 aliphatic heterocycles. The molecule has 3 nitrogen and oxygen atoms in total. The molecule has 2 rings (SSSR count). The van der Waals surface area contributed by atoms with E-state index in [0.717, 1.165) is 21.1 Å². The summed E-state index contributed by atoms with van der Waals surface area (Å²) in [5.41, 5.74) is 1.95. The zero-order valence-corrected chi connectivity index (χ0v) is 9.59. The highest BCUT2D eigenvalue weighted by molar-refractivity contribution is 9.10. The van der Waals surface area contributed by atoms with Crippen molar-refractivity contribution >= 4 is 32.8 Å². The predicted molar refractivity (Wildman–Crippen MR) is 61.5 cm³/mol. The van der Waals surface area contributed by atoms with Crippen LogP contribution < -0.4 is 5.32 Å². The predicted octanol–water partition coefficient (Wildman–Crippen LogP) is 2.74. The number of halogens is 1. The highest BCUT2D eigenvalue weighted by atomic mass is 79.9. The van der Waals surface area contributed by atoms with Crippen LogP contribution in [0.1, 0.15) is 5.69 Å². The van der Waals surface area contributed by atoms with E-state index in [-0.39, 0.29) is 0 Å². The first-order valence-corrected chi connectivity index (χ1v) is 5.11. The van der Waals surface area contributed by atoms with Gasteiger partial charge in [-0.15, -0.1) is 0 Å². The molecule has 1 heterocycles. The molecule has 1 N–H and O–H groups in total. The van der Waals surface area contributed by atoms with E-state index in [9.17, 15) is 0 Å². The van der Waals surface area contributed by atoms with Crippen LogP contribution in [-0.2, 0) is 0 Å². The third kappa shape index (κ3) is 1.57. The Kier molecular flexibility index (Phi) is 2.37. The van der Waals surface area contributed by atoms with Crippen LogP contribution in [-0.4, -0.2) is 17.0 Å². The van der Waals surface area contributed by atoms with Gasteiger partial charge in [0.05, 0.1) is 11.2 Å². The second kappa shape index (κ2) is 3.53. The molecular weight excluding hydrogens is 242 g/mol. The topological polar surface area (TPSA) is 37.8 Å². The standard InChI is InChI=1S/C10H10BrN3/c1-6-8-5-7(11)3-4-9(8)14-10(12-2)13-6/h3-5H,1-2H3,(H,12,13,14). The van der Waals surface area contributed by atoms with Gasteiger partial charge in [0.1, 0.15) is 0 Å². The van der Waals surface area contributed by atoms with Crippen LogP contribution in [0.2, 0.25) is 0 Å². The van der Waals surface area contributed by atoms with E-state index in [1.807, 2.05) is 32.2 Å². The number of benzene rings is 1. The Morgan fingerprint density at radius 2 is 2.07 bits per heavy atom. The molecule has 0 amide bonds. The van der Waals surface area contributed by atoms with Crippen LogP contribution in [0.5, 0.6) is 0 Å². The molecule has 14 heavy (non-hydrogen) atoms. The largest absolute Gasteiger partial charge is 0.357 e. The van der Waals surface area contributed by atoms with Gasteiger partial charge < -0.3 is 5.32 Å². The second-order valence-electron chi connectivity index (χ2n) is 3.04. The minimum Gasteiger partial charge on any atom is -0.357 e. The maximum Gasteiger partial charge on any atom is 0.223 e. The van der Waals surface area contributed by atoms with Gasteiger partial charge in [0, 0.05) is 16.9 Å². The number of aromatic nitrogens is 2. The molecular formula is C10H10BrN3. The number of hydrogen-bond acceptors (Lipinski definition) is 3. The summed E-state index contributed by atoms with van der Waals surface area (Å²) in [6, 6.07) is 5.99. The minimum atomic E-state index is 0.664. The molecule has 72 valence electrons. The van der Waals surface area contributed by atoms with Crippen molar-refractivity contribution in [2.24, 2.45) is 0 Å². The lowest BCUT2D eigenvalue weighted by molar-refractivity contribution is 1.14. The number of aryl methyl sites for hydroxylation is 1.